The van der Waals surface area contributed by atoms with Gasteiger partial charge in [0.1, 0.15) is 5.75 Å². The molecule has 16 heavy (non-hydrogen) atoms. The molecule has 0 amide bonds. The second-order valence-corrected chi connectivity index (χ2v) is 4.41. The summed E-state index contributed by atoms with van der Waals surface area (Å²) in [6.45, 7) is 4.17. The first-order valence-electron chi connectivity index (χ1n) is 5.55. The van der Waals surface area contributed by atoms with Gasteiger partial charge in [0.25, 0.3) is 0 Å². The highest BCUT2D eigenvalue weighted by Crippen LogP contribution is 2.32. The van der Waals surface area contributed by atoms with Crippen molar-refractivity contribution < 1.29 is 9.84 Å². The molecule has 0 spiro atoms. The van der Waals surface area contributed by atoms with Crippen molar-refractivity contribution in [2.24, 2.45) is 5.73 Å². The lowest BCUT2D eigenvalue weighted by Crippen LogP contribution is -2.41. The molecule has 3 nitrogen and oxygen atoms in total. The maximum atomic E-state index is 9.15. The molecule has 0 heterocycles. The summed E-state index contributed by atoms with van der Waals surface area (Å²) in [6.07, 6.45) is 0.651. The Hall–Kier alpha value is -1.06. The van der Waals surface area contributed by atoms with Crippen LogP contribution in [0.4, 0.5) is 0 Å². The van der Waals surface area contributed by atoms with Gasteiger partial charge in [-0.25, -0.2) is 0 Å². The minimum atomic E-state index is -0.219. The Balaban J connectivity index is 3.10. The molecule has 1 aromatic rings. The van der Waals surface area contributed by atoms with Crippen LogP contribution in [-0.2, 0) is 5.41 Å². The second-order valence-electron chi connectivity index (χ2n) is 4.41. The van der Waals surface area contributed by atoms with Gasteiger partial charge >= 0.3 is 0 Å². The van der Waals surface area contributed by atoms with E-state index in [1.54, 1.807) is 7.11 Å². The van der Waals surface area contributed by atoms with Gasteiger partial charge in [0.05, 0.1) is 7.11 Å². The molecule has 0 aromatic heterocycles. The van der Waals surface area contributed by atoms with Crippen molar-refractivity contribution in [3.8, 4) is 5.75 Å². The number of ether oxygens (including phenoxy) is 1. The molecule has 0 fully saturated rings. The number of nitrogens with two attached hydrogens (primary N) is 1. The summed E-state index contributed by atoms with van der Waals surface area (Å²) < 4.78 is 5.20. The first-order valence-corrected chi connectivity index (χ1v) is 5.55. The van der Waals surface area contributed by atoms with Crippen molar-refractivity contribution in [3.05, 3.63) is 29.8 Å². The molecule has 0 saturated heterocycles. The van der Waals surface area contributed by atoms with E-state index in [-0.39, 0.29) is 18.1 Å². The molecule has 1 aromatic carbocycles. The van der Waals surface area contributed by atoms with Crippen LogP contribution in [0.2, 0.25) is 0 Å². The van der Waals surface area contributed by atoms with Crippen molar-refractivity contribution in [3.63, 3.8) is 0 Å². The van der Waals surface area contributed by atoms with Gasteiger partial charge in [-0.2, -0.15) is 0 Å². The summed E-state index contributed by atoms with van der Waals surface area (Å²) in [7, 11) is 1.65. The van der Waals surface area contributed by atoms with Crippen molar-refractivity contribution in [2.75, 3.05) is 13.7 Å². The van der Waals surface area contributed by atoms with E-state index in [0.717, 1.165) is 11.3 Å². The Bertz CT molecular complexity index is 338. The van der Waals surface area contributed by atoms with Crippen LogP contribution in [0.25, 0.3) is 0 Å². The molecule has 2 atom stereocenters. The molecule has 0 aliphatic carbocycles. The lowest BCUT2D eigenvalue weighted by Gasteiger charge is -2.33. The Morgan fingerprint density at radius 2 is 2.19 bits per heavy atom. The van der Waals surface area contributed by atoms with Crippen molar-refractivity contribution in [1.82, 2.24) is 0 Å². The fraction of sp³-hybridized carbons (Fsp3) is 0.538. The number of rotatable bonds is 5. The van der Waals surface area contributed by atoms with E-state index < -0.39 is 0 Å². The highest BCUT2D eigenvalue weighted by atomic mass is 16.5. The average molecular weight is 223 g/mol. The molecule has 0 aliphatic rings. The number of benzene rings is 1. The third-order valence-corrected chi connectivity index (χ3v) is 3.37. The van der Waals surface area contributed by atoms with Crippen molar-refractivity contribution in [1.29, 1.82) is 0 Å². The Morgan fingerprint density at radius 3 is 2.69 bits per heavy atom. The van der Waals surface area contributed by atoms with Crippen LogP contribution in [0.3, 0.4) is 0 Å². The summed E-state index contributed by atoms with van der Waals surface area (Å²) in [5.41, 5.74) is 6.92. The third kappa shape index (κ3) is 2.54. The Morgan fingerprint density at radius 1 is 1.50 bits per heavy atom. The molecule has 0 radical (unpaired) electrons. The van der Waals surface area contributed by atoms with Gasteiger partial charge in [-0.1, -0.05) is 19.1 Å². The van der Waals surface area contributed by atoms with Crippen molar-refractivity contribution >= 4 is 0 Å². The molecule has 0 bridgehead atoms. The molecular formula is C13H21NO2. The quantitative estimate of drug-likeness (QED) is 0.798. The van der Waals surface area contributed by atoms with E-state index >= 15 is 0 Å². The fourth-order valence-electron chi connectivity index (χ4n) is 1.85. The molecule has 2 unspecified atom stereocenters. The number of aliphatic hydroxyl groups excluding tert-OH is 1. The van der Waals surface area contributed by atoms with Crippen LogP contribution in [-0.4, -0.2) is 24.9 Å². The maximum absolute atomic E-state index is 9.15. The number of aliphatic hydroxyl groups is 1. The van der Waals surface area contributed by atoms with Gasteiger partial charge in [0, 0.05) is 18.1 Å². The summed E-state index contributed by atoms with van der Waals surface area (Å²) in [4.78, 5) is 0. The van der Waals surface area contributed by atoms with Crippen molar-refractivity contribution in [2.45, 2.75) is 31.7 Å². The SMILES string of the molecule is COc1cccc(C(C)(CCO)C(C)N)c1. The minimum absolute atomic E-state index is 0.0215. The van der Waals surface area contributed by atoms with E-state index in [0.29, 0.717) is 6.42 Å². The van der Waals surface area contributed by atoms with Gasteiger partial charge in [-0.15, -0.1) is 0 Å². The first-order chi connectivity index (χ1) is 7.54. The highest BCUT2D eigenvalue weighted by molar-refractivity contribution is 5.34. The normalized spacial score (nSPS) is 16.6. The molecule has 3 heteroatoms. The van der Waals surface area contributed by atoms with Crippen LogP contribution in [0, 0.1) is 0 Å². The molecule has 0 aliphatic heterocycles. The molecular weight excluding hydrogens is 202 g/mol. The van der Waals surface area contributed by atoms with Gasteiger partial charge in [-0.3, -0.25) is 0 Å². The molecule has 1 rings (SSSR count). The van der Waals surface area contributed by atoms with Gasteiger partial charge in [0.15, 0.2) is 0 Å². The van der Waals surface area contributed by atoms with Crippen LogP contribution < -0.4 is 10.5 Å². The lowest BCUT2D eigenvalue weighted by atomic mass is 9.74. The number of methoxy groups -OCH3 is 1. The maximum Gasteiger partial charge on any atom is 0.119 e. The standard InChI is InChI=1S/C13H21NO2/c1-10(14)13(2,7-8-15)11-5-4-6-12(9-11)16-3/h4-6,9-10,15H,7-8,14H2,1-3H3. The Labute approximate surface area is 97.2 Å². The van der Waals surface area contributed by atoms with Crippen LogP contribution in [0.15, 0.2) is 24.3 Å². The van der Waals surface area contributed by atoms with E-state index in [9.17, 15) is 0 Å². The Kier molecular flexibility index (Phi) is 4.33. The smallest absolute Gasteiger partial charge is 0.119 e. The van der Waals surface area contributed by atoms with Gasteiger partial charge in [-0.05, 0) is 31.0 Å². The van der Waals surface area contributed by atoms with Gasteiger partial charge < -0.3 is 15.6 Å². The largest absolute Gasteiger partial charge is 0.497 e. The molecule has 90 valence electrons. The second kappa shape index (κ2) is 5.32. The summed E-state index contributed by atoms with van der Waals surface area (Å²) >= 11 is 0. The average Bonchev–Trinajstić information content (AvgIpc) is 2.29. The van der Waals surface area contributed by atoms with Crippen LogP contribution in [0.1, 0.15) is 25.8 Å². The monoisotopic (exact) mass is 223 g/mol. The number of hydrogen-bond donors (Lipinski definition) is 2. The summed E-state index contributed by atoms with van der Waals surface area (Å²) in [5, 5.41) is 9.15. The van der Waals surface area contributed by atoms with Crippen LogP contribution >= 0.6 is 0 Å². The number of hydrogen-bond acceptors (Lipinski definition) is 3. The van der Waals surface area contributed by atoms with Gasteiger partial charge in [0.2, 0.25) is 0 Å². The first kappa shape index (κ1) is 13.0. The van der Waals surface area contributed by atoms with E-state index in [1.165, 1.54) is 0 Å². The summed E-state index contributed by atoms with van der Waals surface area (Å²) in [6, 6.07) is 7.85. The summed E-state index contributed by atoms with van der Waals surface area (Å²) in [5.74, 6) is 0.822. The zero-order valence-corrected chi connectivity index (χ0v) is 10.2. The fourth-order valence-corrected chi connectivity index (χ4v) is 1.85. The third-order valence-electron chi connectivity index (χ3n) is 3.37. The zero-order valence-electron chi connectivity index (χ0n) is 10.2. The molecule has 3 N–H and O–H groups in total. The molecule has 0 saturated carbocycles. The van der Waals surface area contributed by atoms with Crippen LogP contribution in [0.5, 0.6) is 5.75 Å². The highest BCUT2D eigenvalue weighted by Gasteiger charge is 2.30. The lowest BCUT2D eigenvalue weighted by molar-refractivity contribution is 0.229. The predicted octanol–water partition coefficient (Wildman–Crippen LogP) is 1.68. The topological polar surface area (TPSA) is 55.5 Å². The van der Waals surface area contributed by atoms with E-state index in [1.807, 2.05) is 31.2 Å². The van der Waals surface area contributed by atoms with E-state index in [4.69, 9.17) is 15.6 Å². The zero-order chi connectivity index (χ0) is 12.2. The minimum Gasteiger partial charge on any atom is -0.497 e. The van der Waals surface area contributed by atoms with E-state index in [2.05, 4.69) is 6.92 Å². The predicted molar refractivity (Wildman–Crippen MR) is 65.7 cm³/mol.